The smallest absolute Gasteiger partial charge is 0.307 e. The van der Waals surface area contributed by atoms with Crippen molar-refractivity contribution in [2.24, 2.45) is 11.3 Å². The summed E-state index contributed by atoms with van der Waals surface area (Å²) in [6.07, 6.45) is 5.14. The third-order valence-corrected chi connectivity index (χ3v) is 5.95. The van der Waals surface area contributed by atoms with E-state index in [-0.39, 0.29) is 17.2 Å². The molecule has 1 atom stereocenters. The summed E-state index contributed by atoms with van der Waals surface area (Å²) in [4.78, 5) is 26.2. The largest absolute Gasteiger partial charge is 0.493 e. The monoisotopic (exact) mass is 389 g/mol. The number of hydrogen-bond acceptors (Lipinski definition) is 4. The van der Waals surface area contributed by atoms with Crippen molar-refractivity contribution < 1.29 is 24.2 Å². The Morgan fingerprint density at radius 1 is 1.14 bits per heavy atom. The molecule has 6 heteroatoms. The van der Waals surface area contributed by atoms with E-state index < -0.39 is 5.97 Å². The Labute approximate surface area is 166 Å². The maximum absolute atomic E-state index is 13.1. The highest BCUT2D eigenvalue weighted by atomic mass is 16.5. The van der Waals surface area contributed by atoms with E-state index in [0.717, 1.165) is 38.5 Å². The number of carboxylic acids is 1. The normalized spacial score (nSPS) is 20.1. The van der Waals surface area contributed by atoms with Crippen LogP contribution in [0, 0.1) is 11.3 Å². The zero-order chi connectivity index (χ0) is 20.1. The topological polar surface area (TPSA) is 76.1 Å². The Morgan fingerprint density at radius 3 is 2.50 bits per heavy atom. The van der Waals surface area contributed by atoms with Crippen molar-refractivity contribution in [1.29, 1.82) is 0 Å². The number of piperidine rings is 1. The number of nitrogens with zero attached hydrogens (tertiary/aromatic N) is 1. The predicted molar refractivity (Wildman–Crippen MR) is 106 cm³/mol. The van der Waals surface area contributed by atoms with Crippen LogP contribution in [0.25, 0.3) is 0 Å². The van der Waals surface area contributed by atoms with Crippen LogP contribution >= 0.6 is 0 Å². The van der Waals surface area contributed by atoms with E-state index in [4.69, 9.17) is 9.47 Å². The zero-order valence-electron chi connectivity index (χ0n) is 16.9. The van der Waals surface area contributed by atoms with Crippen molar-refractivity contribution in [2.75, 3.05) is 26.3 Å². The summed E-state index contributed by atoms with van der Waals surface area (Å²) in [6.45, 7) is 6.55. The number of aliphatic carboxylic acids is 1. The van der Waals surface area contributed by atoms with Gasteiger partial charge in [0.1, 0.15) is 11.5 Å². The van der Waals surface area contributed by atoms with Gasteiger partial charge in [-0.25, -0.2) is 0 Å². The van der Waals surface area contributed by atoms with E-state index in [1.807, 2.05) is 17.0 Å². The van der Waals surface area contributed by atoms with Crippen molar-refractivity contribution in [3.8, 4) is 11.5 Å². The maximum atomic E-state index is 13.1. The lowest BCUT2D eigenvalue weighted by Crippen LogP contribution is -2.40. The van der Waals surface area contributed by atoms with Gasteiger partial charge in [0.15, 0.2) is 0 Å². The molecule has 1 amide bonds. The van der Waals surface area contributed by atoms with E-state index >= 15 is 0 Å². The van der Waals surface area contributed by atoms with Gasteiger partial charge in [0, 0.05) is 19.2 Å². The third kappa shape index (κ3) is 4.42. The number of unbranched alkanes of at least 4 members (excludes halogenated alkanes) is 1. The first kappa shape index (κ1) is 20.5. The molecule has 1 aliphatic carbocycles. The van der Waals surface area contributed by atoms with E-state index in [9.17, 15) is 14.7 Å². The minimum Gasteiger partial charge on any atom is -0.493 e. The molecule has 1 saturated heterocycles. The molecule has 154 valence electrons. The maximum Gasteiger partial charge on any atom is 0.307 e. The molecule has 2 fully saturated rings. The number of carbonyl (C=O) groups excluding carboxylic acids is 1. The molecule has 1 aromatic carbocycles. The minimum atomic E-state index is -0.700. The molecule has 28 heavy (non-hydrogen) atoms. The highest BCUT2D eigenvalue weighted by molar-refractivity contribution is 5.97. The van der Waals surface area contributed by atoms with Crippen molar-refractivity contribution >= 4 is 11.9 Å². The highest BCUT2D eigenvalue weighted by Gasteiger charge is 2.59. The van der Waals surface area contributed by atoms with Gasteiger partial charge in [0.2, 0.25) is 0 Å². The third-order valence-electron chi connectivity index (χ3n) is 5.95. The van der Waals surface area contributed by atoms with Gasteiger partial charge < -0.3 is 19.5 Å². The van der Waals surface area contributed by atoms with Crippen LogP contribution in [0.2, 0.25) is 0 Å². The fraction of sp³-hybridized carbons (Fsp3) is 0.636. The molecular formula is C22H31NO5. The number of benzene rings is 1. The minimum absolute atomic E-state index is 0.0454. The number of carboxylic acid groups (broad SMARTS) is 1. The number of ether oxygens (including phenoxy) is 2. The first-order valence-electron chi connectivity index (χ1n) is 10.4. The van der Waals surface area contributed by atoms with Gasteiger partial charge >= 0.3 is 5.97 Å². The summed E-state index contributed by atoms with van der Waals surface area (Å²) in [7, 11) is 0. The number of amides is 1. The molecule has 3 rings (SSSR count). The Kier molecular flexibility index (Phi) is 6.47. The molecule has 0 aromatic heterocycles. The van der Waals surface area contributed by atoms with Gasteiger partial charge in [0.25, 0.3) is 5.91 Å². The average Bonchev–Trinajstić information content (AvgIpc) is 3.40. The molecule has 0 bridgehead atoms. The molecule has 6 nitrogen and oxygen atoms in total. The SMILES string of the molecule is CCCCOc1cc(OCCC)ccc1C(=O)N1CCC2(CC1)CC2C(=O)O. The molecule has 1 heterocycles. The van der Waals surface area contributed by atoms with E-state index in [0.29, 0.717) is 43.4 Å². The van der Waals surface area contributed by atoms with Gasteiger partial charge in [-0.3, -0.25) is 9.59 Å². The summed E-state index contributed by atoms with van der Waals surface area (Å²) in [5, 5.41) is 9.24. The first-order chi connectivity index (χ1) is 13.5. The number of rotatable bonds is 9. The summed E-state index contributed by atoms with van der Waals surface area (Å²) in [5.74, 6) is 0.310. The summed E-state index contributed by atoms with van der Waals surface area (Å²) in [5.41, 5.74) is 0.475. The van der Waals surface area contributed by atoms with Gasteiger partial charge in [-0.2, -0.15) is 0 Å². The van der Waals surface area contributed by atoms with Crippen LogP contribution in [-0.4, -0.2) is 48.2 Å². The lowest BCUT2D eigenvalue weighted by molar-refractivity contribution is -0.139. The quantitative estimate of drug-likeness (QED) is 0.647. The highest BCUT2D eigenvalue weighted by Crippen LogP contribution is 2.59. The fourth-order valence-electron chi connectivity index (χ4n) is 4.01. The Bertz CT molecular complexity index is 709. The predicted octanol–water partition coefficient (Wildman–Crippen LogP) is 3.98. The molecule has 1 N–H and O–H groups in total. The molecule has 1 aliphatic heterocycles. The lowest BCUT2D eigenvalue weighted by Gasteiger charge is -2.33. The Hall–Kier alpha value is -2.24. The van der Waals surface area contributed by atoms with Gasteiger partial charge in [-0.05, 0) is 49.7 Å². The molecule has 1 spiro atoms. The van der Waals surface area contributed by atoms with Crippen LogP contribution in [0.4, 0.5) is 0 Å². The fourth-order valence-corrected chi connectivity index (χ4v) is 4.01. The second-order valence-electron chi connectivity index (χ2n) is 7.96. The standard InChI is InChI=1S/C22H31NO5/c1-3-5-13-28-19-14-16(27-12-4-2)6-7-17(19)20(24)23-10-8-22(9-11-23)15-18(22)21(25)26/h6-7,14,18H,3-5,8-13,15H2,1-2H3,(H,25,26). The van der Waals surface area contributed by atoms with Crippen molar-refractivity contribution in [1.82, 2.24) is 4.90 Å². The Balaban J connectivity index is 1.68. The van der Waals surface area contributed by atoms with E-state index in [1.54, 1.807) is 6.07 Å². The van der Waals surface area contributed by atoms with Crippen LogP contribution < -0.4 is 9.47 Å². The molecule has 1 aromatic rings. The van der Waals surface area contributed by atoms with Crippen LogP contribution in [0.15, 0.2) is 18.2 Å². The van der Waals surface area contributed by atoms with Crippen LogP contribution in [-0.2, 0) is 4.79 Å². The Morgan fingerprint density at radius 2 is 1.89 bits per heavy atom. The molecule has 1 unspecified atom stereocenters. The summed E-state index contributed by atoms with van der Waals surface area (Å²) < 4.78 is 11.6. The first-order valence-corrected chi connectivity index (χ1v) is 10.4. The van der Waals surface area contributed by atoms with Gasteiger partial charge in [-0.1, -0.05) is 20.3 Å². The van der Waals surface area contributed by atoms with Gasteiger partial charge in [-0.15, -0.1) is 0 Å². The number of likely N-dealkylation sites (tertiary alicyclic amines) is 1. The molecule has 1 saturated carbocycles. The van der Waals surface area contributed by atoms with Crippen molar-refractivity contribution in [3.63, 3.8) is 0 Å². The zero-order valence-corrected chi connectivity index (χ0v) is 16.9. The van der Waals surface area contributed by atoms with Crippen LogP contribution in [0.3, 0.4) is 0 Å². The second-order valence-corrected chi connectivity index (χ2v) is 7.96. The van der Waals surface area contributed by atoms with Crippen LogP contribution in [0.5, 0.6) is 11.5 Å². The molecule has 0 radical (unpaired) electrons. The number of carbonyl (C=O) groups is 2. The average molecular weight is 389 g/mol. The van der Waals surface area contributed by atoms with E-state index in [2.05, 4.69) is 13.8 Å². The van der Waals surface area contributed by atoms with Crippen LogP contribution in [0.1, 0.15) is 62.7 Å². The van der Waals surface area contributed by atoms with Crippen molar-refractivity contribution in [2.45, 2.75) is 52.4 Å². The number of hydrogen-bond donors (Lipinski definition) is 1. The second kappa shape index (κ2) is 8.84. The van der Waals surface area contributed by atoms with Crippen molar-refractivity contribution in [3.05, 3.63) is 23.8 Å². The van der Waals surface area contributed by atoms with Gasteiger partial charge in [0.05, 0.1) is 24.7 Å². The summed E-state index contributed by atoms with van der Waals surface area (Å²) >= 11 is 0. The summed E-state index contributed by atoms with van der Waals surface area (Å²) in [6, 6.07) is 5.42. The molecular weight excluding hydrogens is 358 g/mol. The lowest BCUT2D eigenvalue weighted by atomic mass is 9.90. The molecule has 2 aliphatic rings. The van der Waals surface area contributed by atoms with E-state index in [1.165, 1.54) is 0 Å².